The second-order valence-electron chi connectivity index (χ2n) is 4.45. The quantitative estimate of drug-likeness (QED) is 0.704. The summed E-state index contributed by atoms with van der Waals surface area (Å²) in [5.74, 6) is 1.93. The maximum Gasteiger partial charge on any atom is 0 e. The zero-order chi connectivity index (χ0) is 7.19. The van der Waals surface area contributed by atoms with Gasteiger partial charge in [-0.1, -0.05) is 19.3 Å². The van der Waals surface area contributed by atoms with E-state index in [-0.39, 0.29) is 21.1 Å². The van der Waals surface area contributed by atoms with Crippen LogP contribution in [0.4, 0.5) is 0 Å². The smallest absolute Gasteiger partial charge is 0 e. The number of hydrogen-bond donors (Lipinski definition) is 0. The SMILES string of the molecule is CC(C)C1CC2(C[N-]C2)C1.[W]. The molecule has 2 heteroatoms. The molecular weight excluding hydrogens is 306 g/mol. The van der Waals surface area contributed by atoms with Crippen LogP contribution in [0.1, 0.15) is 26.7 Å². The monoisotopic (exact) mass is 322 g/mol. The topological polar surface area (TPSA) is 14.1 Å². The molecule has 0 radical (unpaired) electrons. The molecule has 1 saturated carbocycles. The molecule has 0 N–H and O–H groups in total. The molecule has 1 aliphatic heterocycles. The van der Waals surface area contributed by atoms with E-state index in [1.807, 2.05) is 0 Å². The van der Waals surface area contributed by atoms with E-state index in [1.165, 1.54) is 25.9 Å². The summed E-state index contributed by atoms with van der Waals surface area (Å²) in [4.78, 5) is 0. The van der Waals surface area contributed by atoms with E-state index in [1.54, 1.807) is 0 Å². The Morgan fingerprint density at radius 1 is 1.27 bits per heavy atom. The van der Waals surface area contributed by atoms with Crippen LogP contribution in [0.15, 0.2) is 0 Å². The first-order valence-electron chi connectivity index (χ1n) is 4.35. The molecule has 1 nitrogen and oxygen atoms in total. The Morgan fingerprint density at radius 2 is 1.82 bits per heavy atom. The molecule has 0 aromatic heterocycles. The van der Waals surface area contributed by atoms with Crippen molar-refractivity contribution in [2.24, 2.45) is 17.3 Å². The molecule has 64 valence electrons. The maximum absolute atomic E-state index is 4.29. The Hall–Kier alpha value is 0.648. The predicted molar refractivity (Wildman–Crippen MR) is 43.1 cm³/mol. The number of hydrogen-bond acceptors (Lipinski definition) is 0. The molecule has 11 heavy (non-hydrogen) atoms. The Labute approximate surface area is 83.6 Å². The molecule has 2 aliphatic rings. The number of rotatable bonds is 1. The molecule has 0 unspecified atom stereocenters. The molecule has 1 heterocycles. The van der Waals surface area contributed by atoms with E-state index < -0.39 is 0 Å². The average molecular weight is 322 g/mol. The van der Waals surface area contributed by atoms with Crippen molar-refractivity contribution >= 4 is 0 Å². The normalized spacial score (nSPS) is 27.5. The molecular formula is C9H16NW-. The van der Waals surface area contributed by atoms with Crippen molar-refractivity contribution in [2.75, 3.05) is 13.1 Å². The van der Waals surface area contributed by atoms with Gasteiger partial charge in [-0.05, 0) is 24.7 Å². The maximum atomic E-state index is 4.29. The average Bonchev–Trinajstić information content (AvgIpc) is 1.54. The molecule has 2 rings (SSSR count). The van der Waals surface area contributed by atoms with E-state index in [4.69, 9.17) is 0 Å². The van der Waals surface area contributed by atoms with Gasteiger partial charge in [0.05, 0.1) is 0 Å². The van der Waals surface area contributed by atoms with Crippen LogP contribution in [0.2, 0.25) is 0 Å². The first-order chi connectivity index (χ1) is 4.72. The summed E-state index contributed by atoms with van der Waals surface area (Å²) in [7, 11) is 0. The van der Waals surface area contributed by atoms with Crippen LogP contribution in [-0.4, -0.2) is 13.1 Å². The van der Waals surface area contributed by atoms with E-state index in [0.29, 0.717) is 0 Å². The van der Waals surface area contributed by atoms with Gasteiger partial charge in [0.15, 0.2) is 0 Å². The third kappa shape index (κ3) is 1.55. The van der Waals surface area contributed by atoms with Crippen LogP contribution in [0.5, 0.6) is 0 Å². The molecule has 1 aliphatic carbocycles. The number of nitrogens with zero attached hydrogens (tertiary/aromatic N) is 1. The van der Waals surface area contributed by atoms with Gasteiger partial charge in [-0.3, -0.25) is 0 Å². The minimum Gasteiger partial charge on any atom is -0.661 e. The minimum atomic E-state index is 0. The molecule has 0 bridgehead atoms. The van der Waals surface area contributed by atoms with Gasteiger partial charge in [-0.25, -0.2) is 0 Å². The van der Waals surface area contributed by atoms with Gasteiger partial charge < -0.3 is 5.32 Å². The Kier molecular flexibility index (Phi) is 2.82. The fourth-order valence-corrected chi connectivity index (χ4v) is 2.21. The summed E-state index contributed by atoms with van der Waals surface area (Å²) >= 11 is 0. The van der Waals surface area contributed by atoms with Crippen molar-refractivity contribution in [2.45, 2.75) is 26.7 Å². The standard InChI is InChI=1S/C9H16N.W/c1-7(2)8-3-9(4-8)5-10-6-9;/h7-8H,3-6H2,1-2H3;/q-1;. The van der Waals surface area contributed by atoms with Crippen LogP contribution in [0.3, 0.4) is 0 Å². The van der Waals surface area contributed by atoms with Gasteiger partial charge in [0.1, 0.15) is 0 Å². The fourth-order valence-electron chi connectivity index (χ4n) is 2.21. The van der Waals surface area contributed by atoms with Crippen molar-refractivity contribution in [3.05, 3.63) is 5.32 Å². The zero-order valence-corrected chi connectivity index (χ0v) is 10.3. The van der Waals surface area contributed by atoms with Gasteiger partial charge in [0.25, 0.3) is 0 Å². The summed E-state index contributed by atoms with van der Waals surface area (Å²) in [5.41, 5.74) is 0.731. The summed E-state index contributed by atoms with van der Waals surface area (Å²) in [6.07, 6.45) is 2.93. The van der Waals surface area contributed by atoms with Crippen molar-refractivity contribution < 1.29 is 21.1 Å². The van der Waals surface area contributed by atoms with Crippen LogP contribution < -0.4 is 0 Å². The van der Waals surface area contributed by atoms with Crippen LogP contribution in [0.25, 0.3) is 5.32 Å². The van der Waals surface area contributed by atoms with E-state index >= 15 is 0 Å². The Bertz CT molecular complexity index is 132. The Balaban J connectivity index is 0.000000605. The van der Waals surface area contributed by atoms with Crippen LogP contribution in [-0.2, 0) is 21.1 Å². The minimum absolute atomic E-state index is 0. The van der Waals surface area contributed by atoms with Gasteiger partial charge in [-0.2, -0.15) is 0 Å². The van der Waals surface area contributed by atoms with Crippen molar-refractivity contribution in [3.8, 4) is 0 Å². The van der Waals surface area contributed by atoms with Crippen LogP contribution in [0, 0.1) is 17.3 Å². The predicted octanol–water partition coefficient (Wildman–Crippen LogP) is 2.42. The molecule has 1 saturated heterocycles. The van der Waals surface area contributed by atoms with Gasteiger partial charge >= 0.3 is 0 Å². The molecule has 0 aromatic carbocycles. The van der Waals surface area contributed by atoms with Crippen molar-refractivity contribution in [3.63, 3.8) is 0 Å². The second-order valence-corrected chi connectivity index (χ2v) is 4.45. The van der Waals surface area contributed by atoms with Crippen molar-refractivity contribution in [1.82, 2.24) is 0 Å². The first-order valence-corrected chi connectivity index (χ1v) is 4.35. The summed E-state index contributed by atoms with van der Waals surface area (Å²) < 4.78 is 0. The third-order valence-corrected chi connectivity index (χ3v) is 3.23. The van der Waals surface area contributed by atoms with Crippen LogP contribution >= 0.6 is 0 Å². The Morgan fingerprint density at radius 3 is 2.09 bits per heavy atom. The van der Waals surface area contributed by atoms with E-state index in [2.05, 4.69) is 19.2 Å². The fraction of sp³-hybridized carbons (Fsp3) is 1.00. The molecule has 0 aromatic rings. The summed E-state index contributed by atoms with van der Waals surface area (Å²) in [5, 5.41) is 4.29. The second kappa shape index (κ2) is 3.18. The van der Waals surface area contributed by atoms with Crippen molar-refractivity contribution in [1.29, 1.82) is 0 Å². The summed E-state index contributed by atoms with van der Waals surface area (Å²) in [6, 6.07) is 0. The molecule has 1 spiro atoms. The third-order valence-electron chi connectivity index (χ3n) is 3.23. The van der Waals surface area contributed by atoms with E-state index in [0.717, 1.165) is 17.3 Å². The van der Waals surface area contributed by atoms with E-state index in [9.17, 15) is 0 Å². The molecule has 2 fully saturated rings. The zero-order valence-electron chi connectivity index (χ0n) is 7.34. The van der Waals surface area contributed by atoms with Gasteiger partial charge in [-0.15, -0.1) is 13.1 Å². The molecule has 0 amide bonds. The largest absolute Gasteiger partial charge is 0.661 e. The van der Waals surface area contributed by atoms with Gasteiger partial charge in [0, 0.05) is 21.1 Å². The summed E-state index contributed by atoms with van der Waals surface area (Å²) in [6.45, 7) is 7.03. The molecule has 0 atom stereocenters. The first kappa shape index (κ1) is 9.73. The van der Waals surface area contributed by atoms with Gasteiger partial charge in [0.2, 0.25) is 0 Å².